The van der Waals surface area contributed by atoms with Gasteiger partial charge in [-0.05, 0) is 70.6 Å². The predicted molar refractivity (Wildman–Crippen MR) is 261 cm³/mol. The van der Waals surface area contributed by atoms with Crippen molar-refractivity contribution in [2.75, 3.05) is 33.0 Å². The third kappa shape index (κ3) is 28.6. The molecule has 2 fully saturated rings. The van der Waals surface area contributed by atoms with Gasteiger partial charge in [-0.2, -0.15) is 0 Å². The average molecular weight is 957 g/mol. The Balaban J connectivity index is 1.77. The number of rotatable bonds is 42. The van der Waals surface area contributed by atoms with Crippen LogP contribution in [-0.4, -0.2) is 142 Å². The van der Waals surface area contributed by atoms with E-state index in [0.29, 0.717) is 13.0 Å². The summed E-state index contributed by atoms with van der Waals surface area (Å²) in [5.41, 5.74) is 0. The number of esters is 1. The second-order valence-corrected chi connectivity index (χ2v) is 18.7. The van der Waals surface area contributed by atoms with E-state index in [1.165, 1.54) is 89.9 Å². The highest BCUT2D eigenvalue weighted by molar-refractivity contribution is 5.69. The number of aliphatic hydroxyl groups excluding tert-OH is 7. The number of unbranched alkanes of at least 4 members (excludes halogenated alkanes) is 22. The Hall–Kier alpha value is -1.79. The zero-order chi connectivity index (χ0) is 48.7. The third-order valence-corrected chi connectivity index (χ3v) is 12.6. The lowest BCUT2D eigenvalue weighted by Crippen LogP contribution is -2.61. The highest BCUT2D eigenvalue weighted by Crippen LogP contribution is 2.26. The molecule has 0 aromatic heterocycles. The summed E-state index contributed by atoms with van der Waals surface area (Å²) in [6.07, 6.45) is 29.1. The first-order chi connectivity index (χ1) is 32.6. The van der Waals surface area contributed by atoms with Gasteiger partial charge in [0.25, 0.3) is 0 Å². The van der Waals surface area contributed by atoms with Gasteiger partial charge in [-0.15, -0.1) is 0 Å². The van der Waals surface area contributed by atoms with Crippen LogP contribution < -0.4 is 0 Å². The van der Waals surface area contributed by atoms with Crippen molar-refractivity contribution >= 4 is 5.97 Å². The first-order valence-electron chi connectivity index (χ1n) is 26.6. The van der Waals surface area contributed by atoms with Crippen LogP contribution in [0.15, 0.2) is 36.5 Å². The van der Waals surface area contributed by atoms with Gasteiger partial charge in [0.05, 0.1) is 26.4 Å². The van der Waals surface area contributed by atoms with E-state index in [1.54, 1.807) is 0 Å². The molecule has 0 spiro atoms. The largest absolute Gasteiger partial charge is 0.457 e. The Labute approximate surface area is 404 Å². The fourth-order valence-corrected chi connectivity index (χ4v) is 8.25. The van der Waals surface area contributed by atoms with E-state index in [9.17, 15) is 40.5 Å². The lowest BCUT2D eigenvalue weighted by molar-refractivity contribution is -0.332. The average Bonchev–Trinajstić information content (AvgIpc) is 3.32. The Kier molecular flexibility index (Phi) is 37.4. The highest BCUT2D eigenvalue weighted by Gasteiger charge is 2.47. The molecular weight excluding hydrogens is 861 g/mol. The van der Waals surface area contributed by atoms with Crippen molar-refractivity contribution in [3.05, 3.63) is 36.5 Å². The van der Waals surface area contributed by atoms with Gasteiger partial charge in [-0.25, -0.2) is 0 Å². The zero-order valence-corrected chi connectivity index (χ0v) is 41.6. The van der Waals surface area contributed by atoms with Gasteiger partial charge in [0.15, 0.2) is 12.6 Å². The van der Waals surface area contributed by atoms with Crippen molar-refractivity contribution in [1.82, 2.24) is 0 Å². The molecule has 2 aliphatic rings. The van der Waals surface area contributed by atoms with Gasteiger partial charge < -0.3 is 64.2 Å². The van der Waals surface area contributed by atoms with Gasteiger partial charge >= 0.3 is 5.97 Å². The normalized spacial score (nSPS) is 26.3. The number of hydrogen-bond donors (Lipinski definition) is 7. The smallest absolute Gasteiger partial charge is 0.306 e. The van der Waals surface area contributed by atoms with Crippen molar-refractivity contribution < 1.29 is 69.0 Å². The molecule has 2 heterocycles. The molecule has 2 rings (SSSR count). The number of ether oxygens (including phenoxy) is 6. The lowest BCUT2D eigenvalue weighted by atomic mass is 9.98. The Morgan fingerprint density at radius 1 is 0.493 bits per heavy atom. The molecule has 14 heteroatoms. The first-order valence-corrected chi connectivity index (χ1v) is 26.6. The zero-order valence-electron chi connectivity index (χ0n) is 41.6. The quantitative estimate of drug-likeness (QED) is 0.0175. The standard InChI is InChI=1S/C53H96O14/c1-3-5-7-9-11-13-15-17-19-21-23-25-27-29-31-33-35-37-62-39-42(65-45(55)36-34-32-30-28-26-24-22-20-18-16-14-12-10-8-6-4-2)40-63-52-51(61)49(59)47(57)44(67-52)41-64-53-50(60)48(58)46(56)43(38-54)66-53/h13,15,19-22,42-44,46-54,56-61H,3-12,14,16-18,23-41H2,1-2H3/b15-13-,21-19-,22-20-. The fourth-order valence-electron chi connectivity index (χ4n) is 8.25. The maximum atomic E-state index is 13.0. The van der Waals surface area contributed by atoms with E-state index in [-0.39, 0.29) is 25.6 Å². The number of aliphatic hydroxyl groups is 7. The second kappa shape index (κ2) is 40.9. The van der Waals surface area contributed by atoms with Gasteiger partial charge in [0, 0.05) is 13.0 Å². The molecule has 2 aliphatic heterocycles. The van der Waals surface area contributed by atoms with E-state index in [0.717, 1.165) is 77.0 Å². The van der Waals surface area contributed by atoms with Crippen LogP contribution in [0.3, 0.4) is 0 Å². The van der Waals surface area contributed by atoms with Crippen LogP contribution in [0.25, 0.3) is 0 Å². The monoisotopic (exact) mass is 957 g/mol. The minimum absolute atomic E-state index is 0.0518. The summed E-state index contributed by atoms with van der Waals surface area (Å²) >= 11 is 0. The molecule has 14 nitrogen and oxygen atoms in total. The molecule has 0 aliphatic carbocycles. The number of carbonyl (C=O) groups excluding carboxylic acids is 1. The van der Waals surface area contributed by atoms with Crippen LogP contribution in [0, 0.1) is 0 Å². The lowest BCUT2D eigenvalue weighted by Gasteiger charge is -2.42. The van der Waals surface area contributed by atoms with Crippen molar-refractivity contribution in [3.8, 4) is 0 Å². The summed E-state index contributed by atoms with van der Waals surface area (Å²) in [6.45, 7) is 3.64. The third-order valence-electron chi connectivity index (χ3n) is 12.6. The minimum Gasteiger partial charge on any atom is -0.457 e. The number of carbonyl (C=O) groups is 1. The van der Waals surface area contributed by atoms with E-state index >= 15 is 0 Å². The van der Waals surface area contributed by atoms with Gasteiger partial charge in [-0.1, -0.05) is 153 Å². The molecule has 11 atom stereocenters. The van der Waals surface area contributed by atoms with E-state index in [1.807, 2.05) is 0 Å². The molecule has 7 N–H and O–H groups in total. The van der Waals surface area contributed by atoms with E-state index in [2.05, 4.69) is 50.3 Å². The maximum absolute atomic E-state index is 13.0. The van der Waals surface area contributed by atoms with Crippen molar-refractivity contribution in [2.24, 2.45) is 0 Å². The van der Waals surface area contributed by atoms with Crippen LogP contribution in [-0.2, 0) is 33.2 Å². The highest BCUT2D eigenvalue weighted by atomic mass is 16.7. The van der Waals surface area contributed by atoms with E-state index < -0.39 is 80.7 Å². The summed E-state index contributed by atoms with van der Waals surface area (Å²) in [5.74, 6) is -0.388. The van der Waals surface area contributed by atoms with Crippen LogP contribution in [0.2, 0.25) is 0 Å². The van der Waals surface area contributed by atoms with Crippen LogP contribution >= 0.6 is 0 Å². The van der Waals surface area contributed by atoms with Gasteiger partial charge in [0.2, 0.25) is 0 Å². The van der Waals surface area contributed by atoms with Crippen molar-refractivity contribution in [2.45, 2.75) is 261 Å². The number of hydrogen-bond acceptors (Lipinski definition) is 14. The first kappa shape index (κ1) is 61.3. The molecule has 0 aromatic carbocycles. The molecule has 0 saturated carbocycles. The SMILES string of the molecule is CCCCCC/C=C\C/C=C\CCCCCCCCOCC(COC1OC(COC2OC(CO)C(O)C(O)C2O)C(O)C(O)C1O)OC(=O)CCCCCCC/C=C\CCCCCCCCC. The van der Waals surface area contributed by atoms with Crippen molar-refractivity contribution in [1.29, 1.82) is 0 Å². The maximum Gasteiger partial charge on any atom is 0.306 e. The molecule has 67 heavy (non-hydrogen) atoms. The van der Waals surface area contributed by atoms with Gasteiger partial charge in [0.1, 0.15) is 54.9 Å². The molecular formula is C53H96O14. The molecule has 2 saturated heterocycles. The number of allylic oxidation sites excluding steroid dienone is 6. The topological polar surface area (TPSA) is 214 Å². The summed E-state index contributed by atoms with van der Waals surface area (Å²) in [7, 11) is 0. The Morgan fingerprint density at radius 3 is 1.46 bits per heavy atom. The predicted octanol–water partition coefficient (Wildman–Crippen LogP) is 8.19. The molecule has 0 aromatic rings. The summed E-state index contributed by atoms with van der Waals surface area (Å²) in [4.78, 5) is 13.0. The molecule has 0 radical (unpaired) electrons. The van der Waals surface area contributed by atoms with Crippen LogP contribution in [0.4, 0.5) is 0 Å². The van der Waals surface area contributed by atoms with Gasteiger partial charge in [-0.3, -0.25) is 4.79 Å². The fraction of sp³-hybridized carbons (Fsp3) is 0.868. The Bertz CT molecular complexity index is 1250. The molecule has 392 valence electrons. The van der Waals surface area contributed by atoms with E-state index in [4.69, 9.17) is 28.4 Å². The molecule has 11 unspecified atom stereocenters. The minimum atomic E-state index is -1.71. The summed E-state index contributed by atoms with van der Waals surface area (Å²) < 4.78 is 34.3. The molecule has 0 bridgehead atoms. The molecule has 0 amide bonds. The second-order valence-electron chi connectivity index (χ2n) is 18.7. The van der Waals surface area contributed by atoms with Crippen molar-refractivity contribution in [3.63, 3.8) is 0 Å². The van der Waals surface area contributed by atoms with Crippen LogP contribution in [0.1, 0.15) is 194 Å². The Morgan fingerprint density at radius 2 is 0.925 bits per heavy atom. The van der Waals surface area contributed by atoms with Crippen LogP contribution in [0.5, 0.6) is 0 Å². The summed E-state index contributed by atoms with van der Waals surface area (Å²) in [6, 6.07) is 0. The summed E-state index contributed by atoms with van der Waals surface area (Å²) in [5, 5.41) is 72.2.